The largest absolute Gasteiger partial charge is 0.386 e. The number of anilines is 2. The zero-order valence-corrected chi connectivity index (χ0v) is 10.3. The van der Waals surface area contributed by atoms with E-state index in [1.165, 1.54) is 0 Å². The molecule has 0 saturated carbocycles. The minimum atomic E-state index is 0.800. The van der Waals surface area contributed by atoms with Crippen molar-refractivity contribution in [3.63, 3.8) is 0 Å². The predicted molar refractivity (Wildman–Crippen MR) is 70.3 cm³/mol. The second-order valence-electron chi connectivity index (χ2n) is 3.36. The summed E-state index contributed by atoms with van der Waals surface area (Å²) in [6, 6.07) is 7.94. The van der Waals surface area contributed by atoms with Gasteiger partial charge in [0.15, 0.2) is 6.19 Å². The third-order valence-corrected chi connectivity index (χ3v) is 2.43. The van der Waals surface area contributed by atoms with Crippen molar-refractivity contribution in [2.24, 2.45) is 0 Å². The predicted octanol–water partition coefficient (Wildman–Crippen LogP) is 1.25. The standard InChI is InChI=1S/C12H17N5/c1-14-10-6-4-5-7-11(10)17(3)12(15-2)8-16-9-13/h4-8,14-16H,1-3H3/b12-8+. The highest BCUT2D eigenvalue weighted by Crippen LogP contribution is 2.25. The Morgan fingerprint density at radius 2 is 2.06 bits per heavy atom. The fourth-order valence-electron chi connectivity index (χ4n) is 1.54. The van der Waals surface area contributed by atoms with Crippen LogP contribution in [0.2, 0.25) is 0 Å². The molecular formula is C12H17N5. The Morgan fingerprint density at radius 1 is 1.35 bits per heavy atom. The summed E-state index contributed by atoms with van der Waals surface area (Å²) in [4.78, 5) is 1.95. The van der Waals surface area contributed by atoms with Crippen LogP contribution in [0.4, 0.5) is 11.4 Å². The molecule has 0 heterocycles. The second-order valence-corrected chi connectivity index (χ2v) is 3.36. The van der Waals surface area contributed by atoms with Gasteiger partial charge in [-0.2, -0.15) is 5.26 Å². The lowest BCUT2D eigenvalue weighted by atomic mass is 10.2. The van der Waals surface area contributed by atoms with E-state index in [9.17, 15) is 0 Å². The highest BCUT2D eigenvalue weighted by molar-refractivity contribution is 5.71. The van der Waals surface area contributed by atoms with Crippen LogP contribution in [0.15, 0.2) is 36.3 Å². The summed E-state index contributed by atoms with van der Waals surface area (Å²) in [7, 11) is 5.61. The molecule has 5 nitrogen and oxygen atoms in total. The number of hydrogen-bond acceptors (Lipinski definition) is 5. The molecule has 0 radical (unpaired) electrons. The van der Waals surface area contributed by atoms with Crippen molar-refractivity contribution < 1.29 is 0 Å². The maximum Gasteiger partial charge on any atom is 0.181 e. The molecule has 3 N–H and O–H groups in total. The van der Waals surface area contributed by atoms with Crippen LogP contribution in [-0.2, 0) is 0 Å². The van der Waals surface area contributed by atoms with Crippen LogP contribution in [0.1, 0.15) is 0 Å². The molecule has 17 heavy (non-hydrogen) atoms. The Bertz CT molecular complexity index is 433. The van der Waals surface area contributed by atoms with Gasteiger partial charge >= 0.3 is 0 Å². The third-order valence-electron chi connectivity index (χ3n) is 2.43. The lowest BCUT2D eigenvalue weighted by molar-refractivity contribution is 0.882. The number of benzene rings is 1. The lowest BCUT2D eigenvalue weighted by Crippen LogP contribution is -2.27. The first-order valence-corrected chi connectivity index (χ1v) is 5.27. The first kappa shape index (κ1) is 12.7. The third kappa shape index (κ3) is 3.05. The maximum absolute atomic E-state index is 8.50. The number of nitriles is 1. The van der Waals surface area contributed by atoms with Crippen LogP contribution >= 0.6 is 0 Å². The summed E-state index contributed by atoms with van der Waals surface area (Å²) in [6.45, 7) is 0. The van der Waals surface area contributed by atoms with Gasteiger partial charge in [-0.05, 0) is 12.1 Å². The summed E-state index contributed by atoms with van der Waals surface area (Å²) in [5.41, 5.74) is 2.04. The molecule has 1 rings (SSSR count). The Labute approximate surface area is 102 Å². The summed E-state index contributed by atoms with van der Waals surface area (Å²) < 4.78 is 0. The van der Waals surface area contributed by atoms with E-state index in [0.29, 0.717) is 0 Å². The van der Waals surface area contributed by atoms with E-state index in [0.717, 1.165) is 17.2 Å². The molecule has 0 amide bonds. The first-order chi connectivity index (χ1) is 8.24. The zero-order valence-electron chi connectivity index (χ0n) is 10.3. The topological polar surface area (TPSA) is 63.1 Å². The van der Waals surface area contributed by atoms with E-state index in [4.69, 9.17) is 5.26 Å². The van der Waals surface area contributed by atoms with Crippen LogP contribution in [0.25, 0.3) is 0 Å². The van der Waals surface area contributed by atoms with Crippen LogP contribution in [0, 0.1) is 11.5 Å². The Morgan fingerprint density at radius 3 is 2.65 bits per heavy atom. The van der Waals surface area contributed by atoms with Gasteiger partial charge in [0.05, 0.1) is 17.6 Å². The minimum Gasteiger partial charge on any atom is -0.386 e. The number of nitrogens with one attached hydrogen (secondary N) is 3. The summed E-state index contributed by atoms with van der Waals surface area (Å²) in [6.07, 6.45) is 3.48. The van der Waals surface area contributed by atoms with Gasteiger partial charge in [0, 0.05) is 21.1 Å². The van der Waals surface area contributed by atoms with Gasteiger partial charge in [-0.15, -0.1) is 0 Å². The van der Waals surface area contributed by atoms with E-state index in [-0.39, 0.29) is 0 Å². The van der Waals surface area contributed by atoms with E-state index in [1.54, 1.807) is 6.20 Å². The van der Waals surface area contributed by atoms with Gasteiger partial charge < -0.3 is 15.5 Å². The Balaban J connectivity index is 3.02. The number of para-hydroxylation sites is 2. The van der Waals surface area contributed by atoms with E-state index < -0.39 is 0 Å². The lowest BCUT2D eigenvalue weighted by Gasteiger charge is -2.24. The van der Waals surface area contributed by atoms with Gasteiger partial charge in [0.1, 0.15) is 5.82 Å². The van der Waals surface area contributed by atoms with Crippen molar-refractivity contribution in [2.45, 2.75) is 0 Å². The molecule has 0 unspecified atom stereocenters. The molecule has 0 aliphatic heterocycles. The molecule has 0 aliphatic rings. The molecule has 0 spiro atoms. The molecule has 1 aromatic carbocycles. The van der Waals surface area contributed by atoms with Gasteiger partial charge in [0.25, 0.3) is 0 Å². The van der Waals surface area contributed by atoms with Gasteiger partial charge in [-0.1, -0.05) is 12.1 Å². The number of rotatable bonds is 5. The molecule has 0 aromatic heterocycles. The molecule has 1 aromatic rings. The SMILES string of the molecule is CN/C(=C\NC#N)N(C)c1ccccc1NC. The molecule has 0 aliphatic carbocycles. The molecule has 5 heteroatoms. The average molecular weight is 231 g/mol. The fraction of sp³-hybridized carbons (Fsp3) is 0.250. The minimum absolute atomic E-state index is 0.800. The number of hydrogen-bond donors (Lipinski definition) is 3. The van der Waals surface area contributed by atoms with Crippen LogP contribution in [0.5, 0.6) is 0 Å². The number of nitrogens with zero attached hydrogens (tertiary/aromatic N) is 2. The van der Waals surface area contributed by atoms with Gasteiger partial charge in [-0.25, -0.2) is 0 Å². The van der Waals surface area contributed by atoms with Gasteiger partial charge in [0.2, 0.25) is 0 Å². The highest BCUT2D eigenvalue weighted by Gasteiger charge is 2.08. The quantitative estimate of drug-likeness (QED) is 0.526. The van der Waals surface area contributed by atoms with E-state index in [1.807, 2.05) is 56.5 Å². The van der Waals surface area contributed by atoms with Gasteiger partial charge in [-0.3, -0.25) is 5.32 Å². The molecular weight excluding hydrogens is 214 g/mol. The Kier molecular flexibility index (Phi) is 4.70. The second kappa shape index (κ2) is 6.28. The van der Waals surface area contributed by atoms with Crippen molar-refractivity contribution in [3.8, 4) is 6.19 Å². The smallest absolute Gasteiger partial charge is 0.181 e. The highest BCUT2D eigenvalue weighted by atomic mass is 15.2. The maximum atomic E-state index is 8.50. The van der Waals surface area contributed by atoms with Crippen molar-refractivity contribution >= 4 is 11.4 Å². The van der Waals surface area contributed by atoms with Crippen molar-refractivity contribution in [2.75, 3.05) is 31.4 Å². The molecule has 0 atom stereocenters. The van der Waals surface area contributed by atoms with Crippen LogP contribution in [-0.4, -0.2) is 21.1 Å². The Hall–Kier alpha value is -2.35. The normalized spacial score (nSPS) is 10.4. The molecule has 90 valence electrons. The fourth-order valence-corrected chi connectivity index (χ4v) is 1.54. The molecule has 0 bridgehead atoms. The van der Waals surface area contributed by atoms with Crippen LogP contribution < -0.4 is 20.9 Å². The zero-order chi connectivity index (χ0) is 12.7. The van der Waals surface area contributed by atoms with E-state index >= 15 is 0 Å². The molecule has 0 saturated heterocycles. The van der Waals surface area contributed by atoms with Crippen molar-refractivity contribution in [1.82, 2.24) is 10.6 Å². The van der Waals surface area contributed by atoms with Crippen molar-refractivity contribution in [1.29, 1.82) is 5.26 Å². The van der Waals surface area contributed by atoms with E-state index in [2.05, 4.69) is 16.0 Å². The monoisotopic (exact) mass is 231 g/mol. The molecule has 0 fully saturated rings. The van der Waals surface area contributed by atoms with Crippen molar-refractivity contribution in [3.05, 3.63) is 36.3 Å². The summed E-state index contributed by atoms with van der Waals surface area (Å²) in [5.74, 6) is 0.800. The van der Waals surface area contributed by atoms with Crippen LogP contribution in [0.3, 0.4) is 0 Å². The summed E-state index contributed by atoms with van der Waals surface area (Å²) in [5, 5.41) is 17.2. The average Bonchev–Trinajstić information content (AvgIpc) is 2.39. The summed E-state index contributed by atoms with van der Waals surface area (Å²) >= 11 is 0. The first-order valence-electron chi connectivity index (χ1n) is 5.27.